The predicted molar refractivity (Wildman–Crippen MR) is 84.9 cm³/mol. The summed E-state index contributed by atoms with van der Waals surface area (Å²) >= 11 is 0. The molecule has 5 heteroatoms. The van der Waals surface area contributed by atoms with E-state index in [1.54, 1.807) is 0 Å². The molecule has 1 aromatic heterocycles. The number of hydrazine groups is 1. The molecule has 0 spiro atoms. The normalized spacial score (nSPS) is 17.5. The summed E-state index contributed by atoms with van der Waals surface area (Å²) < 4.78 is 1.87. The lowest BCUT2D eigenvalue weighted by Crippen LogP contribution is -2.43. The lowest BCUT2D eigenvalue weighted by atomic mass is 9.98. The van der Waals surface area contributed by atoms with Gasteiger partial charge in [-0.25, -0.2) is 4.57 Å². The number of nitrogen functional groups attached to an aromatic ring is 1. The molecule has 0 amide bonds. The van der Waals surface area contributed by atoms with Crippen molar-refractivity contribution in [3.63, 3.8) is 0 Å². The second-order valence-electron chi connectivity index (χ2n) is 5.70. The number of aryl methyl sites for hydroxylation is 2. The van der Waals surface area contributed by atoms with Crippen molar-refractivity contribution in [2.45, 2.75) is 32.7 Å². The zero-order valence-electron chi connectivity index (χ0n) is 12.8. The molecule has 0 bridgehead atoms. The van der Waals surface area contributed by atoms with Crippen molar-refractivity contribution in [1.82, 2.24) is 4.98 Å². The minimum atomic E-state index is 0.414. The highest BCUT2D eigenvalue weighted by atomic mass is 15.5. The van der Waals surface area contributed by atoms with Gasteiger partial charge >= 0.3 is 5.95 Å². The molecule has 3 rings (SSSR count). The summed E-state index contributed by atoms with van der Waals surface area (Å²) in [5, 5.41) is 2.19. The monoisotopic (exact) mass is 284 g/mol. The van der Waals surface area contributed by atoms with Gasteiger partial charge in [-0.15, -0.1) is 0 Å². The molecule has 1 aliphatic rings. The summed E-state index contributed by atoms with van der Waals surface area (Å²) in [7, 11) is 1.92. The number of aromatic nitrogens is 2. The van der Waals surface area contributed by atoms with Gasteiger partial charge in [0.15, 0.2) is 0 Å². The third kappa shape index (κ3) is 2.51. The number of hydrogen-bond acceptors (Lipinski definition) is 4. The van der Waals surface area contributed by atoms with Crippen LogP contribution in [-0.2, 0) is 13.5 Å². The zero-order valence-corrected chi connectivity index (χ0v) is 12.8. The van der Waals surface area contributed by atoms with Crippen LogP contribution in [0, 0.1) is 6.92 Å². The first-order valence-corrected chi connectivity index (χ1v) is 7.33. The highest BCUT2D eigenvalue weighted by Gasteiger charge is 2.24. The van der Waals surface area contributed by atoms with Gasteiger partial charge in [-0.2, -0.15) is 0 Å². The Bertz CT molecular complexity index is 644. The predicted octanol–water partition coefficient (Wildman–Crippen LogP) is 1.96. The van der Waals surface area contributed by atoms with Crippen LogP contribution >= 0.6 is 0 Å². The van der Waals surface area contributed by atoms with E-state index in [1.165, 1.54) is 11.3 Å². The number of nitrogens with one attached hydrogen (secondary N) is 1. The number of hydrogen-bond donors (Lipinski definition) is 2. The molecule has 0 aliphatic carbocycles. The zero-order chi connectivity index (χ0) is 15.0. The lowest BCUT2D eigenvalue weighted by Gasteiger charge is -2.36. The van der Waals surface area contributed by atoms with Crippen LogP contribution in [0.25, 0.3) is 0 Å². The lowest BCUT2D eigenvalue weighted by molar-refractivity contribution is -0.665. The third-order valence-corrected chi connectivity index (χ3v) is 4.21. The Labute approximate surface area is 125 Å². The van der Waals surface area contributed by atoms with Crippen LogP contribution in [-0.4, -0.2) is 11.0 Å². The summed E-state index contributed by atoms with van der Waals surface area (Å²) in [5.74, 6) is 1.29. The fraction of sp³-hybridized carbons (Fsp3) is 0.375. The van der Waals surface area contributed by atoms with E-state index >= 15 is 0 Å². The molecule has 0 radical (unpaired) electrons. The first-order valence-electron chi connectivity index (χ1n) is 7.33. The molecule has 3 N–H and O–H groups in total. The molecule has 110 valence electrons. The van der Waals surface area contributed by atoms with Crippen LogP contribution in [0.3, 0.4) is 0 Å². The molecule has 1 aromatic carbocycles. The van der Waals surface area contributed by atoms with E-state index in [0.29, 0.717) is 12.0 Å². The Morgan fingerprint density at radius 2 is 2.14 bits per heavy atom. The van der Waals surface area contributed by atoms with Crippen LogP contribution < -0.4 is 20.7 Å². The molecule has 0 fully saturated rings. The van der Waals surface area contributed by atoms with Crippen molar-refractivity contribution in [3.05, 3.63) is 41.6 Å². The van der Waals surface area contributed by atoms with Gasteiger partial charge in [0.25, 0.3) is 0 Å². The van der Waals surface area contributed by atoms with Gasteiger partial charge in [-0.05, 0) is 38.3 Å². The van der Waals surface area contributed by atoms with E-state index < -0.39 is 0 Å². The summed E-state index contributed by atoms with van der Waals surface area (Å²) in [6.07, 6.45) is 2.24. The number of para-hydroxylation sites is 1. The van der Waals surface area contributed by atoms with Crippen molar-refractivity contribution >= 4 is 17.5 Å². The van der Waals surface area contributed by atoms with Crippen molar-refractivity contribution in [3.8, 4) is 0 Å². The number of nitrogens with zero attached hydrogens (tertiary/aromatic N) is 3. The molecule has 0 saturated carbocycles. The van der Waals surface area contributed by atoms with Crippen molar-refractivity contribution in [2.24, 2.45) is 7.05 Å². The maximum absolute atomic E-state index is 5.95. The quantitative estimate of drug-likeness (QED) is 0.828. The second kappa shape index (κ2) is 5.24. The summed E-state index contributed by atoms with van der Waals surface area (Å²) in [6.45, 7) is 4.25. The Morgan fingerprint density at radius 3 is 2.90 bits per heavy atom. The van der Waals surface area contributed by atoms with Crippen LogP contribution in [0.4, 0.5) is 17.5 Å². The van der Waals surface area contributed by atoms with Gasteiger partial charge in [0.2, 0.25) is 5.82 Å². The van der Waals surface area contributed by atoms with Gasteiger partial charge in [-0.1, -0.05) is 23.2 Å². The Hall–Kier alpha value is -2.30. The van der Waals surface area contributed by atoms with Crippen LogP contribution in [0.1, 0.15) is 24.6 Å². The molecule has 1 aliphatic heterocycles. The van der Waals surface area contributed by atoms with E-state index in [0.717, 1.165) is 24.4 Å². The van der Waals surface area contributed by atoms with Crippen molar-refractivity contribution in [2.75, 3.05) is 16.2 Å². The first kappa shape index (κ1) is 13.7. The highest BCUT2D eigenvalue weighted by molar-refractivity contribution is 5.60. The van der Waals surface area contributed by atoms with Crippen LogP contribution in [0.2, 0.25) is 0 Å². The number of benzene rings is 1. The third-order valence-electron chi connectivity index (χ3n) is 4.21. The summed E-state index contributed by atoms with van der Waals surface area (Å²) in [5.41, 5.74) is 13.0. The molecule has 0 saturated heterocycles. The van der Waals surface area contributed by atoms with E-state index in [4.69, 9.17) is 5.73 Å². The first-order chi connectivity index (χ1) is 10.1. The van der Waals surface area contributed by atoms with Crippen molar-refractivity contribution < 1.29 is 4.57 Å². The Morgan fingerprint density at radius 1 is 1.38 bits per heavy atom. The molecule has 21 heavy (non-hydrogen) atoms. The second-order valence-corrected chi connectivity index (χ2v) is 5.70. The number of nitrogens with two attached hydrogens (primary N) is 1. The van der Waals surface area contributed by atoms with Gasteiger partial charge in [0.1, 0.15) is 0 Å². The van der Waals surface area contributed by atoms with E-state index in [1.807, 2.05) is 24.6 Å². The number of rotatable bonds is 2. The maximum Gasteiger partial charge on any atom is 0.391 e. The summed E-state index contributed by atoms with van der Waals surface area (Å²) in [6, 6.07) is 10.9. The topological polar surface area (TPSA) is 58.1 Å². The Kier molecular flexibility index (Phi) is 3.41. The van der Waals surface area contributed by atoms with E-state index in [9.17, 15) is 0 Å². The van der Waals surface area contributed by atoms with E-state index in [2.05, 4.69) is 46.6 Å². The van der Waals surface area contributed by atoms with Crippen LogP contribution in [0.5, 0.6) is 0 Å². The molecule has 1 atom stereocenters. The molecule has 1 unspecified atom stereocenters. The number of fused-ring (bicyclic) bond motifs is 1. The standard InChI is InChI=1S/C16H21N5/c1-11-8-9-13-6-4-5-7-14(13)21(11)19-15-10-12(2)20(3)16(17)18-15/h4-7,10-11H,8-9H2,1-3H3,(H2,17,18,19)/p+1. The largest absolute Gasteiger partial charge is 0.391 e. The minimum Gasteiger partial charge on any atom is -0.287 e. The molecule has 2 aromatic rings. The fourth-order valence-electron chi connectivity index (χ4n) is 2.75. The Balaban J connectivity index is 1.94. The van der Waals surface area contributed by atoms with E-state index in [-0.39, 0.29) is 0 Å². The van der Waals surface area contributed by atoms with Crippen molar-refractivity contribution in [1.29, 1.82) is 0 Å². The minimum absolute atomic E-state index is 0.414. The average Bonchev–Trinajstić information content (AvgIpc) is 2.47. The average molecular weight is 284 g/mol. The number of anilines is 3. The fourth-order valence-corrected chi connectivity index (χ4v) is 2.75. The molecular weight excluding hydrogens is 262 g/mol. The highest BCUT2D eigenvalue weighted by Crippen LogP contribution is 2.30. The molecular formula is C16H22N5+. The maximum atomic E-state index is 5.95. The van der Waals surface area contributed by atoms with Gasteiger partial charge in [0, 0.05) is 12.1 Å². The van der Waals surface area contributed by atoms with Crippen LogP contribution in [0.15, 0.2) is 30.3 Å². The summed E-state index contributed by atoms with van der Waals surface area (Å²) in [4.78, 5) is 4.42. The van der Waals surface area contributed by atoms with Gasteiger partial charge in [-0.3, -0.25) is 16.2 Å². The molecule has 5 nitrogen and oxygen atoms in total. The molecule has 2 heterocycles. The van der Waals surface area contributed by atoms with Gasteiger partial charge < -0.3 is 0 Å². The van der Waals surface area contributed by atoms with Gasteiger partial charge in [0.05, 0.1) is 18.4 Å². The SMILES string of the molecule is Cc1cc(NN2c3ccccc3CCC2C)nc(N)[n+]1C. The smallest absolute Gasteiger partial charge is 0.287 e.